The summed E-state index contributed by atoms with van der Waals surface area (Å²) < 4.78 is 11.0. The first-order chi connectivity index (χ1) is 15.5. The van der Waals surface area contributed by atoms with Crippen LogP contribution in [-0.4, -0.2) is 66.3 Å². The van der Waals surface area contributed by atoms with Crippen molar-refractivity contribution in [3.63, 3.8) is 0 Å². The van der Waals surface area contributed by atoms with Gasteiger partial charge in [0.1, 0.15) is 11.5 Å². The van der Waals surface area contributed by atoms with Gasteiger partial charge in [-0.1, -0.05) is 6.07 Å². The Labute approximate surface area is 227 Å². The minimum Gasteiger partial charge on any atom is -0.911 e. The monoisotopic (exact) mass is 449 g/mol. The van der Waals surface area contributed by atoms with E-state index in [4.69, 9.17) is 16.1 Å². The zero-order chi connectivity index (χ0) is 23.4. The Bertz CT molecular complexity index is 834. The second-order valence-electron chi connectivity index (χ2n) is 7.47. The zero-order valence-electron chi connectivity index (χ0n) is 20.4. The van der Waals surface area contributed by atoms with Gasteiger partial charge in [-0.3, -0.25) is 5.57 Å². The molecule has 1 N–H and O–H groups in total. The summed E-state index contributed by atoms with van der Waals surface area (Å²) in [5, 5.41) is 12.4. The number of nitrogens with zero attached hydrogens (tertiary/aromatic N) is 4. The average molecular weight is 449 g/mol. The zero-order valence-corrected chi connectivity index (χ0v) is 20.4. The van der Waals surface area contributed by atoms with E-state index in [1.807, 2.05) is 6.92 Å². The van der Waals surface area contributed by atoms with Crippen LogP contribution in [0.2, 0.25) is 0 Å². The molecule has 2 fully saturated rings. The molecule has 1 saturated carbocycles. The van der Waals surface area contributed by atoms with Gasteiger partial charge in [0.15, 0.2) is 0 Å². The van der Waals surface area contributed by atoms with Crippen molar-refractivity contribution in [2.45, 2.75) is 37.9 Å². The quantitative estimate of drug-likeness (QED) is 0.250. The van der Waals surface area contributed by atoms with E-state index in [2.05, 4.69) is 41.6 Å². The maximum Gasteiger partial charge on any atom is 1.00 e. The molecule has 0 radical (unpaired) electrons. The minimum absolute atomic E-state index is 0. The SMILES string of the molecule is [CH-]=C[C-]=N[C-]=C(C=[N-])c1cccnc1OC1CC1.[CH2-]CN(C[CH2-])C(=O)O[C@]1(C)CCNC1.[Li+].[Li+]. The van der Waals surface area contributed by atoms with Crippen molar-refractivity contribution in [3.05, 3.63) is 62.0 Å². The summed E-state index contributed by atoms with van der Waals surface area (Å²) in [5.41, 5.74) is 0.641. The van der Waals surface area contributed by atoms with Crippen LogP contribution in [0, 0.1) is 26.6 Å². The summed E-state index contributed by atoms with van der Waals surface area (Å²) in [7, 11) is 0. The normalized spacial score (nSPS) is 19.1. The van der Waals surface area contributed by atoms with Crippen molar-refractivity contribution < 1.29 is 52.0 Å². The van der Waals surface area contributed by atoms with Crippen LogP contribution in [0.1, 0.15) is 31.7 Å². The number of ether oxygens (including phenoxy) is 2. The summed E-state index contributed by atoms with van der Waals surface area (Å²) >= 11 is 0. The Kier molecular flexibility index (Phi) is 15.9. The molecule has 0 aromatic carbocycles. The van der Waals surface area contributed by atoms with Gasteiger partial charge < -0.3 is 62.8 Å². The Morgan fingerprint density at radius 2 is 2.15 bits per heavy atom. The molecule has 34 heavy (non-hydrogen) atoms. The standard InChI is InChI=1S/C14H11N3O.C10H18N2O2.2Li/c1-2-7-16-10-11(9-15)13-4-3-8-17-14(13)18-12-5-6-12;1-4-12(5-2)9(13)14-10(3)6-7-11-8-10;;/h1-4,8-9,12H,5-6H2;11H,1-2,4-8H2,3H3;;/q-4;-2;2*+1/t;10-;;/m.1../s1. The van der Waals surface area contributed by atoms with E-state index in [1.165, 1.54) is 4.90 Å². The molecule has 8 nitrogen and oxygen atoms in total. The van der Waals surface area contributed by atoms with Crippen molar-refractivity contribution >= 4 is 24.1 Å². The van der Waals surface area contributed by atoms with Crippen molar-refractivity contribution in [2.24, 2.45) is 4.99 Å². The number of allylic oxidation sites excluding steroid dienone is 2. The van der Waals surface area contributed by atoms with Crippen molar-refractivity contribution in [3.8, 4) is 5.88 Å². The number of pyridine rings is 1. The van der Waals surface area contributed by atoms with Crippen molar-refractivity contribution in [1.29, 1.82) is 0 Å². The first-order valence-corrected chi connectivity index (χ1v) is 10.4. The van der Waals surface area contributed by atoms with Crippen LogP contribution in [0.3, 0.4) is 0 Å². The largest absolute Gasteiger partial charge is 1.00 e. The predicted octanol–water partition coefficient (Wildman–Crippen LogP) is -2.80. The van der Waals surface area contributed by atoms with Gasteiger partial charge in [0.25, 0.3) is 0 Å². The van der Waals surface area contributed by atoms with E-state index in [1.54, 1.807) is 18.3 Å². The van der Waals surface area contributed by atoms with Crippen LogP contribution in [0.4, 0.5) is 4.79 Å². The van der Waals surface area contributed by atoms with E-state index in [0.29, 0.717) is 30.1 Å². The fraction of sp³-hybridized carbons (Fsp3) is 0.417. The van der Waals surface area contributed by atoms with Crippen LogP contribution in [0.5, 0.6) is 5.88 Å². The van der Waals surface area contributed by atoms with Gasteiger partial charge in [0, 0.05) is 19.2 Å². The van der Waals surface area contributed by atoms with Crippen LogP contribution in [0.25, 0.3) is 11.0 Å². The van der Waals surface area contributed by atoms with Crippen molar-refractivity contribution in [2.75, 3.05) is 26.2 Å². The molecule has 1 atom stereocenters. The molecule has 0 unspecified atom stereocenters. The summed E-state index contributed by atoms with van der Waals surface area (Å²) in [5.74, 6) is 0.472. The first kappa shape index (κ1) is 32.2. The molecule has 174 valence electrons. The number of aliphatic imine (C=N–C) groups is 1. The smallest absolute Gasteiger partial charge is 0.911 e. The number of hydrogen-bond acceptors (Lipinski definition) is 6. The molecule has 10 heteroatoms. The molecule has 1 amide bonds. The van der Waals surface area contributed by atoms with E-state index in [9.17, 15) is 10.2 Å². The summed E-state index contributed by atoms with van der Waals surface area (Å²) in [6, 6.07) is 3.53. The maximum absolute atomic E-state index is 11.6. The molecule has 1 aromatic rings. The van der Waals surface area contributed by atoms with E-state index in [-0.39, 0.29) is 55.5 Å². The molecule has 2 aliphatic rings. The number of rotatable bonds is 9. The topological polar surface area (TPSA) is 98.4 Å². The van der Waals surface area contributed by atoms with Crippen LogP contribution >= 0.6 is 0 Å². The third kappa shape index (κ3) is 10.6. The van der Waals surface area contributed by atoms with E-state index >= 15 is 0 Å². The van der Waals surface area contributed by atoms with E-state index < -0.39 is 0 Å². The van der Waals surface area contributed by atoms with Crippen LogP contribution < -0.4 is 47.8 Å². The molecule has 1 aliphatic heterocycles. The van der Waals surface area contributed by atoms with Crippen molar-refractivity contribution in [1.82, 2.24) is 15.2 Å². The second-order valence-corrected chi connectivity index (χ2v) is 7.47. The number of hydrogen-bond donors (Lipinski definition) is 1. The van der Waals surface area contributed by atoms with Gasteiger partial charge in [0.2, 0.25) is 0 Å². The fourth-order valence-corrected chi connectivity index (χ4v) is 2.77. The van der Waals surface area contributed by atoms with Gasteiger partial charge in [-0.05, 0) is 26.3 Å². The number of nitrogens with one attached hydrogen (secondary N) is 1. The maximum atomic E-state index is 11.6. The average Bonchev–Trinajstić information content (AvgIpc) is 3.51. The summed E-state index contributed by atoms with van der Waals surface area (Å²) in [4.78, 5) is 20.9. The van der Waals surface area contributed by atoms with Crippen LogP contribution in [-0.2, 0) is 4.74 Å². The third-order valence-electron chi connectivity index (χ3n) is 4.77. The predicted molar refractivity (Wildman–Crippen MR) is 125 cm³/mol. The minimum atomic E-state index is -0.361. The van der Waals surface area contributed by atoms with Gasteiger partial charge in [-0.15, -0.1) is 24.7 Å². The second kappa shape index (κ2) is 16.8. The Morgan fingerprint density at radius 3 is 2.68 bits per heavy atom. The first-order valence-electron chi connectivity index (χ1n) is 10.4. The molecule has 1 aliphatic carbocycles. The summed E-state index contributed by atoms with van der Waals surface area (Å²) in [6.45, 7) is 16.8. The van der Waals surface area contributed by atoms with Gasteiger partial charge in [0.05, 0.1) is 6.10 Å². The number of carbonyl (C=O) groups is 1. The third-order valence-corrected chi connectivity index (χ3v) is 4.77. The van der Waals surface area contributed by atoms with Gasteiger partial charge in [-0.25, -0.2) is 9.78 Å². The Balaban J connectivity index is 0.000000623. The van der Waals surface area contributed by atoms with Gasteiger partial charge >= 0.3 is 43.8 Å². The fourth-order valence-electron chi connectivity index (χ4n) is 2.77. The van der Waals surface area contributed by atoms with E-state index in [0.717, 1.165) is 44.6 Å². The molecule has 1 saturated heterocycles. The molecule has 0 spiro atoms. The van der Waals surface area contributed by atoms with Gasteiger partial charge in [-0.2, -0.15) is 12.4 Å². The summed E-state index contributed by atoms with van der Waals surface area (Å²) in [6.07, 6.45) is 11.6. The number of amides is 1. The molecular weight excluding hydrogens is 420 g/mol. The molecule has 1 aromatic heterocycles. The number of aromatic nitrogens is 1. The molecular formula is C24H29Li2N5O3-4. The van der Waals surface area contributed by atoms with Crippen LogP contribution in [0.15, 0.2) is 29.4 Å². The number of carbonyl (C=O) groups excluding carboxylic acids is 1. The molecule has 2 heterocycles. The molecule has 0 bridgehead atoms. The molecule has 3 rings (SSSR count). The Hall–Kier alpha value is -1.81. The Morgan fingerprint density at radius 1 is 1.44 bits per heavy atom.